The SMILES string of the molecule is C=CC(C)NS(=O)(=O)c1c(Br)cc(N)cc1Br. The first-order valence-electron chi connectivity index (χ1n) is 4.67. The molecule has 0 aromatic heterocycles. The number of rotatable bonds is 4. The van der Waals surface area contributed by atoms with E-state index in [-0.39, 0.29) is 10.9 Å². The summed E-state index contributed by atoms with van der Waals surface area (Å²) < 4.78 is 27.5. The fourth-order valence-electron chi connectivity index (χ4n) is 1.19. The summed E-state index contributed by atoms with van der Waals surface area (Å²) in [6, 6.07) is 2.73. The van der Waals surface area contributed by atoms with Crippen LogP contribution in [0.15, 0.2) is 38.6 Å². The Balaban J connectivity index is 3.29. The first-order chi connectivity index (χ1) is 7.77. The Morgan fingerprint density at radius 3 is 2.29 bits per heavy atom. The molecular weight excluding hydrogens is 372 g/mol. The van der Waals surface area contributed by atoms with Crippen molar-refractivity contribution < 1.29 is 8.42 Å². The Morgan fingerprint density at radius 2 is 1.88 bits per heavy atom. The van der Waals surface area contributed by atoms with Crippen molar-refractivity contribution in [2.45, 2.75) is 17.9 Å². The second-order valence-electron chi connectivity index (χ2n) is 3.46. The van der Waals surface area contributed by atoms with E-state index in [9.17, 15) is 8.42 Å². The molecule has 7 heteroatoms. The Labute approximate surface area is 118 Å². The van der Waals surface area contributed by atoms with E-state index in [1.807, 2.05) is 0 Å². The van der Waals surface area contributed by atoms with E-state index < -0.39 is 10.0 Å². The molecule has 0 saturated heterocycles. The zero-order chi connectivity index (χ0) is 13.2. The van der Waals surface area contributed by atoms with Crippen LogP contribution in [0.2, 0.25) is 0 Å². The van der Waals surface area contributed by atoms with Crippen molar-refractivity contribution in [1.82, 2.24) is 4.72 Å². The van der Waals surface area contributed by atoms with Gasteiger partial charge in [-0.15, -0.1) is 6.58 Å². The molecule has 0 amide bonds. The monoisotopic (exact) mass is 382 g/mol. The van der Waals surface area contributed by atoms with Gasteiger partial charge in [-0.25, -0.2) is 13.1 Å². The molecule has 0 bridgehead atoms. The molecule has 0 saturated carbocycles. The van der Waals surface area contributed by atoms with E-state index in [0.717, 1.165) is 0 Å². The maximum absolute atomic E-state index is 12.1. The van der Waals surface area contributed by atoms with E-state index in [4.69, 9.17) is 5.73 Å². The molecule has 0 spiro atoms. The Hall–Kier alpha value is -0.370. The molecule has 94 valence electrons. The fraction of sp³-hybridized carbons (Fsp3) is 0.200. The standard InChI is InChI=1S/C10H12Br2N2O2S/c1-3-6(2)14-17(15,16)10-8(11)4-7(13)5-9(10)12/h3-6,14H,1,13H2,2H3. The van der Waals surface area contributed by atoms with E-state index in [1.54, 1.807) is 6.92 Å². The molecule has 1 unspecified atom stereocenters. The number of nitrogen functional groups attached to an aromatic ring is 1. The molecule has 0 radical (unpaired) electrons. The minimum absolute atomic E-state index is 0.125. The van der Waals surface area contributed by atoms with Crippen molar-refractivity contribution in [3.05, 3.63) is 33.7 Å². The predicted molar refractivity (Wildman–Crippen MR) is 76.2 cm³/mol. The molecule has 3 N–H and O–H groups in total. The van der Waals surface area contributed by atoms with Crippen LogP contribution in [0.3, 0.4) is 0 Å². The van der Waals surface area contributed by atoms with Crippen molar-refractivity contribution in [3.63, 3.8) is 0 Å². The van der Waals surface area contributed by atoms with Crippen LogP contribution in [-0.4, -0.2) is 14.5 Å². The summed E-state index contributed by atoms with van der Waals surface area (Å²) in [5.41, 5.74) is 6.08. The van der Waals surface area contributed by atoms with Gasteiger partial charge in [-0.2, -0.15) is 0 Å². The number of hydrogen-bond acceptors (Lipinski definition) is 3. The average Bonchev–Trinajstić information content (AvgIpc) is 2.14. The third-order valence-corrected chi connectivity index (χ3v) is 5.42. The van der Waals surface area contributed by atoms with Crippen molar-refractivity contribution in [3.8, 4) is 0 Å². The third-order valence-electron chi connectivity index (χ3n) is 1.98. The van der Waals surface area contributed by atoms with Gasteiger partial charge in [0.2, 0.25) is 10.0 Å². The summed E-state index contributed by atoms with van der Waals surface area (Å²) in [6.45, 7) is 5.23. The minimum atomic E-state index is -3.62. The number of nitrogens with two attached hydrogens (primary N) is 1. The zero-order valence-electron chi connectivity index (χ0n) is 9.07. The zero-order valence-corrected chi connectivity index (χ0v) is 13.1. The largest absolute Gasteiger partial charge is 0.399 e. The summed E-state index contributed by atoms with van der Waals surface area (Å²) in [6.07, 6.45) is 1.51. The van der Waals surface area contributed by atoms with Gasteiger partial charge in [0.25, 0.3) is 0 Å². The Bertz CT molecular complexity index is 520. The van der Waals surface area contributed by atoms with Crippen LogP contribution in [0.5, 0.6) is 0 Å². The van der Waals surface area contributed by atoms with Gasteiger partial charge in [-0.3, -0.25) is 0 Å². The van der Waals surface area contributed by atoms with Crippen LogP contribution < -0.4 is 10.5 Å². The second-order valence-corrected chi connectivity index (χ2v) is 6.82. The highest BCUT2D eigenvalue weighted by molar-refractivity contribution is 9.11. The number of nitrogens with one attached hydrogen (secondary N) is 1. The lowest BCUT2D eigenvalue weighted by Gasteiger charge is -2.13. The first-order valence-corrected chi connectivity index (χ1v) is 7.74. The van der Waals surface area contributed by atoms with Gasteiger partial charge in [0.15, 0.2) is 0 Å². The van der Waals surface area contributed by atoms with Crippen molar-refractivity contribution in [2.75, 3.05) is 5.73 Å². The lowest BCUT2D eigenvalue weighted by molar-refractivity contribution is 0.575. The minimum Gasteiger partial charge on any atom is -0.399 e. The molecule has 0 aliphatic carbocycles. The van der Waals surface area contributed by atoms with Gasteiger partial charge >= 0.3 is 0 Å². The van der Waals surface area contributed by atoms with E-state index in [0.29, 0.717) is 14.6 Å². The lowest BCUT2D eigenvalue weighted by Crippen LogP contribution is -2.31. The third kappa shape index (κ3) is 3.54. The van der Waals surface area contributed by atoms with Gasteiger partial charge in [0.05, 0.1) is 0 Å². The first kappa shape index (κ1) is 14.7. The van der Waals surface area contributed by atoms with E-state index in [2.05, 4.69) is 43.2 Å². The van der Waals surface area contributed by atoms with Crippen LogP contribution >= 0.6 is 31.9 Å². The molecule has 1 atom stereocenters. The number of hydrogen-bond donors (Lipinski definition) is 2. The van der Waals surface area contributed by atoms with Crippen LogP contribution in [-0.2, 0) is 10.0 Å². The second kappa shape index (κ2) is 5.51. The van der Waals surface area contributed by atoms with Gasteiger partial charge in [-0.05, 0) is 50.9 Å². The highest BCUT2D eigenvalue weighted by Gasteiger charge is 2.22. The smallest absolute Gasteiger partial charge is 0.243 e. The van der Waals surface area contributed by atoms with Crippen LogP contribution in [0.1, 0.15) is 6.92 Å². The maximum Gasteiger partial charge on any atom is 0.243 e. The predicted octanol–water partition coefficient (Wildman–Crippen LogP) is 2.65. The molecule has 0 aliphatic rings. The Kier molecular flexibility index (Phi) is 4.77. The lowest BCUT2D eigenvalue weighted by atomic mass is 10.3. The average molecular weight is 384 g/mol. The molecule has 1 aromatic carbocycles. The number of benzene rings is 1. The molecule has 4 nitrogen and oxygen atoms in total. The summed E-state index contributed by atoms with van der Waals surface area (Å²) in [5, 5.41) is 0. The Morgan fingerprint density at radius 1 is 1.41 bits per heavy atom. The summed E-state index contributed by atoms with van der Waals surface area (Å²) in [4.78, 5) is 0.125. The molecule has 1 aromatic rings. The highest BCUT2D eigenvalue weighted by atomic mass is 79.9. The summed E-state index contributed by atoms with van der Waals surface area (Å²) in [5.74, 6) is 0. The van der Waals surface area contributed by atoms with Gasteiger partial charge in [0.1, 0.15) is 4.90 Å². The van der Waals surface area contributed by atoms with Crippen molar-refractivity contribution in [1.29, 1.82) is 0 Å². The van der Waals surface area contributed by atoms with Crippen LogP contribution in [0.4, 0.5) is 5.69 Å². The normalized spacial score (nSPS) is 13.4. The summed E-state index contributed by atoms with van der Waals surface area (Å²) >= 11 is 6.38. The van der Waals surface area contributed by atoms with Crippen molar-refractivity contribution >= 4 is 47.6 Å². The number of sulfonamides is 1. The molecule has 0 heterocycles. The number of halogens is 2. The number of anilines is 1. The van der Waals surface area contributed by atoms with Gasteiger partial charge in [-0.1, -0.05) is 6.08 Å². The molecule has 17 heavy (non-hydrogen) atoms. The topological polar surface area (TPSA) is 72.2 Å². The van der Waals surface area contributed by atoms with E-state index >= 15 is 0 Å². The van der Waals surface area contributed by atoms with Gasteiger partial charge < -0.3 is 5.73 Å². The highest BCUT2D eigenvalue weighted by Crippen LogP contribution is 2.32. The van der Waals surface area contributed by atoms with Crippen molar-refractivity contribution in [2.24, 2.45) is 0 Å². The molecular formula is C10H12Br2N2O2S. The molecule has 0 fully saturated rings. The van der Waals surface area contributed by atoms with E-state index in [1.165, 1.54) is 18.2 Å². The van der Waals surface area contributed by atoms with Crippen LogP contribution in [0.25, 0.3) is 0 Å². The van der Waals surface area contributed by atoms with Crippen LogP contribution in [0, 0.1) is 0 Å². The fourth-order valence-corrected chi connectivity index (χ4v) is 5.02. The molecule has 0 aliphatic heterocycles. The van der Waals surface area contributed by atoms with Gasteiger partial charge in [0, 0.05) is 20.7 Å². The maximum atomic E-state index is 12.1. The summed E-state index contributed by atoms with van der Waals surface area (Å²) in [7, 11) is -3.62. The quantitative estimate of drug-likeness (QED) is 0.620. The molecule has 1 rings (SSSR count).